The molecule has 1 aliphatic heterocycles. The van der Waals surface area contributed by atoms with Crippen LogP contribution in [-0.2, 0) is 13.5 Å². The smallest absolute Gasteiger partial charge is 0.184 e. The Morgan fingerprint density at radius 2 is 1.77 bits per heavy atom. The minimum absolute atomic E-state index is 0. The fourth-order valence-corrected chi connectivity index (χ4v) is 7.78. The van der Waals surface area contributed by atoms with Crippen LogP contribution in [0.3, 0.4) is 0 Å². The summed E-state index contributed by atoms with van der Waals surface area (Å²) in [5.74, 6) is 0.860. The molecular weight excluding hydrogens is 636 g/mol. The Kier molecular flexibility index (Phi) is 10.9. The monoisotopic (exact) mass is 671 g/mol. The number of fused-ring (bicyclic) bond motifs is 1. The maximum absolute atomic E-state index is 12.6. The van der Waals surface area contributed by atoms with E-state index in [-0.39, 0.29) is 25.2 Å². The first-order valence-electron chi connectivity index (χ1n) is 14.9. The SMILES string of the molecule is C/N=c1\scc(-c2ccc3c(c2)CCCC(c2ccc(Cl)cc2Cl)=C3c2ccc(O[C@H]3CCN(CCCF)C3)cc2)n1C.Cl. The Morgan fingerprint density at radius 3 is 2.50 bits per heavy atom. The first kappa shape index (κ1) is 32.8. The normalized spacial score (nSPS) is 17.4. The van der Waals surface area contributed by atoms with Gasteiger partial charge < -0.3 is 9.30 Å². The van der Waals surface area contributed by atoms with Crippen molar-refractivity contribution in [1.82, 2.24) is 9.47 Å². The first-order valence-corrected chi connectivity index (χ1v) is 16.5. The third kappa shape index (κ3) is 6.95. The number of benzene rings is 3. The third-order valence-corrected chi connectivity index (χ3v) is 10.1. The van der Waals surface area contributed by atoms with E-state index in [1.54, 1.807) is 11.3 Å². The van der Waals surface area contributed by atoms with E-state index in [2.05, 4.69) is 69.4 Å². The summed E-state index contributed by atoms with van der Waals surface area (Å²) in [6.07, 6.45) is 4.57. The van der Waals surface area contributed by atoms with Gasteiger partial charge in [0.05, 0.1) is 12.4 Å². The second-order valence-corrected chi connectivity index (χ2v) is 13.0. The third-order valence-electron chi connectivity index (χ3n) is 8.50. The highest BCUT2D eigenvalue weighted by Gasteiger charge is 2.25. The van der Waals surface area contributed by atoms with Crippen LogP contribution in [0.2, 0.25) is 10.0 Å². The largest absolute Gasteiger partial charge is 0.489 e. The molecule has 44 heavy (non-hydrogen) atoms. The number of nitrogens with zero attached hydrogens (tertiary/aromatic N) is 3. The van der Waals surface area contributed by atoms with E-state index in [0.29, 0.717) is 16.5 Å². The Bertz CT molecular complexity index is 1710. The lowest BCUT2D eigenvalue weighted by Crippen LogP contribution is -2.26. The van der Waals surface area contributed by atoms with Gasteiger partial charge in [-0.1, -0.05) is 53.5 Å². The van der Waals surface area contributed by atoms with Crippen LogP contribution in [0.1, 0.15) is 47.9 Å². The second kappa shape index (κ2) is 14.7. The second-order valence-electron chi connectivity index (χ2n) is 11.3. The highest BCUT2D eigenvalue weighted by Crippen LogP contribution is 2.43. The number of thiazole rings is 1. The van der Waals surface area contributed by atoms with E-state index in [0.717, 1.165) is 67.0 Å². The molecule has 2 heterocycles. The van der Waals surface area contributed by atoms with Gasteiger partial charge in [0.25, 0.3) is 0 Å². The fraction of sp³-hybridized carbons (Fsp3) is 0.343. The summed E-state index contributed by atoms with van der Waals surface area (Å²) < 4.78 is 21.1. The summed E-state index contributed by atoms with van der Waals surface area (Å²) >= 11 is 14.8. The molecule has 0 saturated carbocycles. The lowest BCUT2D eigenvalue weighted by Gasteiger charge is -2.19. The van der Waals surface area contributed by atoms with Gasteiger partial charge in [-0.25, -0.2) is 0 Å². The lowest BCUT2D eigenvalue weighted by atomic mass is 9.87. The molecule has 0 unspecified atom stereocenters. The van der Waals surface area contributed by atoms with Crippen LogP contribution in [0, 0.1) is 0 Å². The molecule has 232 valence electrons. The average Bonchev–Trinajstić information content (AvgIpc) is 3.56. The minimum atomic E-state index is -0.268. The van der Waals surface area contributed by atoms with Crippen molar-refractivity contribution in [1.29, 1.82) is 0 Å². The maximum atomic E-state index is 12.6. The first-order chi connectivity index (χ1) is 20.9. The highest BCUT2D eigenvalue weighted by atomic mass is 35.5. The van der Waals surface area contributed by atoms with Crippen LogP contribution in [0.25, 0.3) is 22.4 Å². The topological polar surface area (TPSA) is 29.8 Å². The van der Waals surface area contributed by atoms with Crippen molar-refractivity contribution in [2.45, 2.75) is 38.2 Å². The van der Waals surface area contributed by atoms with Crippen LogP contribution < -0.4 is 9.54 Å². The number of hydrogen-bond donors (Lipinski definition) is 0. The number of alkyl halides is 1. The zero-order valence-electron chi connectivity index (χ0n) is 25.0. The molecule has 1 aromatic heterocycles. The molecule has 9 heteroatoms. The van der Waals surface area contributed by atoms with E-state index < -0.39 is 0 Å². The Balaban J connectivity index is 0.00000384. The van der Waals surface area contributed by atoms with Crippen molar-refractivity contribution in [3.05, 3.63) is 103 Å². The Morgan fingerprint density at radius 1 is 1.00 bits per heavy atom. The fourth-order valence-electron chi connectivity index (χ4n) is 6.39. The minimum Gasteiger partial charge on any atom is -0.489 e. The van der Waals surface area contributed by atoms with E-state index in [1.165, 1.54) is 33.5 Å². The van der Waals surface area contributed by atoms with Gasteiger partial charge in [0.15, 0.2) is 4.80 Å². The van der Waals surface area contributed by atoms with Gasteiger partial charge in [0.1, 0.15) is 11.9 Å². The standard InChI is InChI=1S/C35H36Cl2FN3OS.ClH/c1-39-35-40(2)33(22-43-35)25-9-13-29-24(19-25)5-3-6-31(30-14-10-26(36)20-32(30)37)34(29)23-7-11-27(12-8-23)42-28-15-18-41(21-28)17-4-16-38;/h7-14,19-20,22,28H,3-6,15-18,21H2,1-2H3;1H/b39-35-;/t28-;/m0./s1. The predicted molar refractivity (Wildman–Crippen MR) is 185 cm³/mol. The number of rotatable bonds is 8. The number of halogens is 4. The molecule has 1 fully saturated rings. The number of aromatic nitrogens is 1. The van der Waals surface area contributed by atoms with Crippen LogP contribution >= 0.6 is 46.9 Å². The quantitative estimate of drug-likeness (QED) is 0.187. The predicted octanol–water partition coefficient (Wildman–Crippen LogP) is 9.12. The molecule has 0 N–H and O–H groups in total. The molecule has 1 aliphatic carbocycles. The number of aryl methyl sites for hydroxylation is 1. The van der Waals surface area contributed by atoms with Crippen LogP contribution in [0.4, 0.5) is 4.39 Å². The zero-order chi connectivity index (χ0) is 29.9. The summed E-state index contributed by atoms with van der Waals surface area (Å²) in [7, 11) is 3.91. The molecule has 1 saturated heterocycles. The van der Waals surface area contributed by atoms with E-state index >= 15 is 0 Å². The van der Waals surface area contributed by atoms with Crippen molar-refractivity contribution < 1.29 is 9.13 Å². The number of ether oxygens (including phenoxy) is 1. The number of likely N-dealkylation sites (tertiary alicyclic amines) is 1. The molecule has 0 bridgehead atoms. The molecule has 6 rings (SSSR count). The van der Waals surface area contributed by atoms with Crippen LogP contribution in [-0.4, -0.2) is 48.9 Å². The van der Waals surface area contributed by atoms with E-state index in [1.807, 2.05) is 25.2 Å². The molecule has 0 amide bonds. The molecule has 0 spiro atoms. The van der Waals surface area contributed by atoms with Crippen molar-refractivity contribution >= 4 is 58.1 Å². The Labute approximate surface area is 279 Å². The van der Waals surface area contributed by atoms with Crippen molar-refractivity contribution in [2.75, 3.05) is 33.4 Å². The van der Waals surface area contributed by atoms with Gasteiger partial charge in [-0.3, -0.25) is 14.3 Å². The average molecular weight is 673 g/mol. The summed E-state index contributed by atoms with van der Waals surface area (Å²) in [6, 6.07) is 21.1. The molecule has 3 aromatic carbocycles. The summed E-state index contributed by atoms with van der Waals surface area (Å²) in [5, 5.41) is 3.48. The van der Waals surface area contributed by atoms with Crippen molar-refractivity contribution in [3.63, 3.8) is 0 Å². The van der Waals surface area contributed by atoms with Gasteiger partial charge in [0, 0.05) is 49.2 Å². The summed E-state index contributed by atoms with van der Waals surface area (Å²) in [4.78, 5) is 7.69. The van der Waals surface area contributed by atoms with E-state index in [4.69, 9.17) is 27.9 Å². The van der Waals surface area contributed by atoms with E-state index in [9.17, 15) is 4.39 Å². The number of hydrogen-bond acceptors (Lipinski definition) is 4. The van der Waals surface area contributed by atoms with Gasteiger partial charge in [-0.05, 0) is 101 Å². The van der Waals surface area contributed by atoms with Crippen LogP contribution in [0.5, 0.6) is 5.75 Å². The number of allylic oxidation sites excluding steroid dienone is 1. The van der Waals surface area contributed by atoms with Crippen molar-refractivity contribution in [2.24, 2.45) is 12.0 Å². The molecular formula is C35H37Cl3FN3OS. The Hall–Kier alpha value is -2.61. The lowest BCUT2D eigenvalue weighted by molar-refractivity contribution is 0.198. The van der Waals surface area contributed by atoms with Gasteiger partial charge in [0.2, 0.25) is 0 Å². The highest BCUT2D eigenvalue weighted by molar-refractivity contribution is 7.07. The summed E-state index contributed by atoms with van der Waals surface area (Å²) in [6.45, 7) is 2.32. The molecule has 1 atom stereocenters. The molecule has 4 nitrogen and oxygen atoms in total. The molecule has 0 radical (unpaired) electrons. The maximum Gasteiger partial charge on any atom is 0.184 e. The zero-order valence-corrected chi connectivity index (χ0v) is 28.1. The van der Waals surface area contributed by atoms with Crippen molar-refractivity contribution in [3.8, 4) is 17.0 Å². The van der Waals surface area contributed by atoms with Crippen LogP contribution in [0.15, 0.2) is 71.0 Å². The van der Waals surface area contributed by atoms with Gasteiger partial charge in [-0.2, -0.15) is 0 Å². The van der Waals surface area contributed by atoms with Gasteiger partial charge >= 0.3 is 0 Å². The molecule has 2 aliphatic rings. The summed E-state index contributed by atoms with van der Waals surface area (Å²) in [5.41, 5.74) is 9.51. The molecule has 4 aromatic rings. The van der Waals surface area contributed by atoms with Gasteiger partial charge in [-0.15, -0.1) is 23.7 Å².